The first-order chi connectivity index (χ1) is 8.75. The lowest BCUT2D eigenvalue weighted by Crippen LogP contribution is -2.38. The van der Waals surface area contributed by atoms with Crippen LogP contribution in [0.5, 0.6) is 0 Å². The number of amides is 3. The fraction of sp³-hybridized carbons (Fsp3) is 0.0833. The monoisotopic (exact) mass is 245 g/mol. The molecule has 2 rings (SSSR count). The lowest BCUT2D eigenvalue weighted by Gasteiger charge is -2.05. The molecule has 2 N–H and O–H groups in total. The first-order valence-corrected chi connectivity index (χ1v) is 5.27. The number of furan rings is 1. The van der Waals surface area contributed by atoms with Gasteiger partial charge in [-0.05, 0) is 23.8 Å². The summed E-state index contributed by atoms with van der Waals surface area (Å²) in [7, 11) is 0. The van der Waals surface area contributed by atoms with E-state index < -0.39 is 11.9 Å². The Morgan fingerprint density at radius 2 is 2.17 bits per heavy atom. The van der Waals surface area contributed by atoms with Crippen molar-refractivity contribution in [3.63, 3.8) is 0 Å². The number of carbonyl (C=O) groups is 2. The second-order valence-electron chi connectivity index (χ2n) is 3.48. The van der Waals surface area contributed by atoms with Crippen molar-refractivity contribution in [1.29, 1.82) is 0 Å². The maximum Gasteiger partial charge on any atom is 0.322 e. The SMILES string of the molecule is O=C(NCc1cccnc1)NC(=O)c1ccco1. The molecule has 0 unspecified atom stereocenters. The molecule has 0 spiro atoms. The summed E-state index contributed by atoms with van der Waals surface area (Å²) >= 11 is 0. The largest absolute Gasteiger partial charge is 0.459 e. The molecule has 6 nitrogen and oxygen atoms in total. The molecular formula is C12H11N3O3. The van der Waals surface area contributed by atoms with Crippen molar-refractivity contribution >= 4 is 11.9 Å². The molecule has 3 amide bonds. The Balaban J connectivity index is 1.81. The van der Waals surface area contributed by atoms with Crippen LogP contribution in [0.15, 0.2) is 47.3 Å². The predicted octanol–water partition coefficient (Wildman–Crippen LogP) is 1.31. The van der Waals surface area contributed by atoms with E-state index >= 15 is 0 Å². The van der Waals surface area contributed by atoms with E-state index in [1.165, 1.54) is 12.3 Å². The number of hydrogen-bond donors (Lipinski definition) is 2. The molecule has 0 fully saturated rings. The molecule has 2 aromatic heterocycles. The van der Waals surface area contributed by atoms with Crippen LogP contribution in [0.3, 0.4) is 0 Å². The number of imide groups is 1. The molecule has 0 saturated carbocycles. The summed E-state index contributed by atoms with van der Waals surface area (Å²) in [5.41, 5.74) is 0.845. The summed E-state index contributed by atoms with van der Waals surface area (Å²) in [6, 6.07) is 6.05. The van der Waals surface area contributed by atoms with E-state index in [0.717, 1.165) is 5.56 Å². The summed E-state index contributed by atoms with van der Waals surface area (Å²) < 4.78 is 4.86. The molecule has 0 saturated heterocycles. The smallest absolute Gasteiger partial charge is 0.322 e. The van der Waals surface area contributed by atoms with Gasteiger partial charge >= 0.3 is 6.03 Å². The molecule has 0 aliphatic heterocycles. The van der Waals surface area contributed by atoms with Gasteiger partial charge in [-0.2, -0.15) is 0 Å². The maximum absolute atomic E-state index is 11.4. The molecule has 0 aliphatic carbocycles. The Morgan fingerprint density at radius 3 is 2.83 bits per heavy atom. The van der Waals surface area contributed by atoms with E-state index in [2.05, 4.69) is 15.6 Å². The minimum atomic E-state index is -0.583. The third-order valence-electron chi connectivity index (χ3n) is 2.15. The first-order valence-electron chi connectivity index (χ1n) is 5.27. The average molecular weight is 245 g/mol. The topological polar surface area (TPSA) is 84.2 Å². The van der Waals surface area contributed by atoms with Gasteiger partial charge < -0.3 is 9.73 Å². The van der Waals surface area contributed by atoms with Gasteiger partial charge in [0.2, 0.25) is 0 Å². The van der Waals surface area contributed by atoms with Gasteiger partial charge in [0.1, 0.15) is 0 Å². The highest BCUT2D eigenvalue weighted by Gasteiger charge is 2.11. The Bertz CT molecular complexity index is 523. The second-order valence-corrected chi connectivity index (χ2v) is 3.48. The average Bonchev–Trinajstić information content (AvgIpc) is 2.91. The van der Waals surface area contributed by atoms with Gasteiger partial charge in [0, 0.05) is 18.9 Å². The van der Waals surface area contributed by atoms with Gasteiger partial charge in [-0.25, -0.2) is 4.79 Å². The van der Waals surface area contributed by atoms with E-state index in [4.69, 9.17) is 4.42 Å². The van der Waals surface area contributed by atoms with E-state index in [0.29, 0.717) is 6.54 Å². The zero-order valence-corrected chi connectivity index (χ0v) is 9.42. The number of nitrogens with one attached hydrogen (secondary N) is 2. The molecule has 2 heterocycles. The molecule has 0 aromatic carbocycles. The van der Waals surface area contributed by atoms with Crippen LogP contribution in [0.4, 0.5) is 4.79 Å². The van der Waals surface area contributed by atoms with Crippen LogP contribution in [0.2, 0.25) is 0 Å². The normalized spacial score (nSPS) is 9.78. The zero-order valence-electron chi connectivity index (χ0n) is 9.42. The van der Waals surface area contributed by atoms with Crippen molar-refractivity contribution in [2.75, 3.05) is 0 Å². The Morgan fingerprint density at radius 1 is 1.28 bits per heavy atom. The molecule has 0 bridgehead atoms. The number of urea groups is 1. The van der Waals surface area contributed by atoms with Gasteiger partial charge in [0.15, 0.2) is 5.76 Å². The van der Waals surface area contributed by atoms with Crippen LogP contribution in [0, 0.1) is 0 Å². The zero-order chi connectivity index (χ0) is 12.8. The third-order valence-corrected chi connectivity index (χ3v) is 2.15. The van der Waals surface area contributed by atoms with E-state index in [-0.39, 0.29) is 5.76 Å². The van der Waals surface area contributed by atoms with Crippen LogP contribution < -0.4 is 10.6 Å². The van der Waals surface area contributed by atoms with Crippen molar-refractivity contribution in [1.82, 2.24) is 15.6 Å². The molecular weight excluding hydrogens is 234 g/mol. The summed E-state index contributed by atoms with van der Waals surface area (Å²) in [5, 5.41) is 4.69. The number of aromatic nitrogens is 1. The Hall–Kier alpha value is -2.63. The lowest BCUT2D eigenvalue weighted by atomic mass is 10.3. The Labute approximate surface area is 103 Å². The number of carbonyl (C=O) groups excluding carboxylic acids is 2. The second kappa shape index (κ2) is 5.62. The highest BCUT2D eigenvalue weighted by molar-refractivity contribution is 6.02. The van der Waals surface area contributed by atoms with Crippen molar-refractivity contribution in [2.45, 2.75) is 6.54 Å². The summed E-state index contributed by atoms with van der Waals surface area (Å²) in [6.07, 6.45) is 4.64. The molecule has 0 radical (unpaired) electrons. The van der Waals surface area contributed by atoms with Gasteiger partial charge in [0.05, 0.1) is 6.26 Å². The van der Waals surface area contributed by atoms with Crippen LogP contribution in [-0.4, -0.2) is 16.9 Å². The fourth-order valence-corrected chi connectivity index (χ4v) is 1.30. The minimum absolute atomic E-state index is 0.0894. The number of pyridine rings is 1. The van der Waals surface area contributed by atoms with Gasteiger partial charge in [-0.3, -0.25) is 15.1 Å². The number of hydrogen-bond acceptors (Lipinski definition) is 4. The highest BCUT2D eigenvalue weighted by Crippen LogP contribution is 1.99. The number of rotatable bonds is 3. The molecule has 0 atom stereocenters. The van der Waals surface area contributed by atoms with Crippen LogP contribution in [-0.2, 0) is 6.54 Å². The van der Waals surface area contributed by atoms with Gasteiger partial charge in [-0.15, -0.1) is 0 Å². The Kier molecular flexibility index (Phi) is 3.70. The van der Waals surface area contributed by atoms with E-state index in [1.54, 1.807) is 24.5 Å². The summed E-state index contributed by atoms with van der Waals surface area (Å²) in [6.45, 7) is 0.297. The van der Waals surface area contributed by atoms with Crippen LogP contribution in [0.1, 0.15) is 16.1 Å². The van der Waals surface area contributed by atoms with E-state index in [1.807, 2.05) is 6.07 Å². The first kappa shape index (κ1) is 11.8. The van der Waals surface area contributed by atoms with E-state index in [9.17, 15) is 9.59 Å². The molecule has 92 valence electrons. The summed E-state index contributed by atoms with van der Waals surface area (Å²) in [4.78, 5) is 26.8. The molecule has 2 aromatic rings. The predicted molar refractivity (Wildman–Crippen MR) is 62.6 cm³/mol. The van der Waals surface area contributed by atoms with Gasteiger partial charge in [0.25, 0.3) is 5.91 Å². The number of nitrogens with zero attached hydrogens (tertiary/aromatic N) is 1. The standard InChI is InChI=1S/C12H11N3O3/c16-11(10-4-2-6-18-10)15-12(17)14-8-9-3-1-5-13-7-9/h1-7H,8H2,(H2,14,15,16,17). The molecule has 6 heteroatoms. The minimum Gasteiger partial charge on any atom is -0.459 e. The third kappa shape index (κ3) is 3.18. The van der Waals surface area contributed by atoms with Crippen LogP contribution in [0.25, 0.3) is 0 Å². The fourth-order valence-electron chi connectivity index (χ4n) is 1.30. The quantitative estimate of drug-likeness (QED) is 0.854. The molecule has 18 heavy (non-hydrogen) atoms. The lowest BCUT2D eigenvalue weighted by molar-refractivity contribution is 0.0936. The van der Waals surface area contributed by atoms with Crippen molar-refractivity contribution in [2.24, 2.45) is 0 Å². The van der Waals surface area contributed by atoms with Crippen molar-refractivity contribution in [3.05, 3.63) is 54.2 Å². The maximum atomic E-state index is 11.4. The molecule has 0 aliphatic rings. The van der Waals surface area contributed by atoms with Gasteiger partial charge in [-0.1, -0.05) is 6.07 Å². The summed E-state index contributed by atoms with van der Waals surface area (Å²) in [5.74, 6) is -0.491. The van der Waals surface area contributed by atoms with Crippen molar-refractivity contribution < 1.29 is 14.0 Å². The highest BCUT2D eigenvalue weighted by atomic mass is 16.3. The van der Waals surface area contributed by atoms with Crippen molar-refractivity contribution in [3.8, 4) is 0 Å². The van der Waals surface area contributed by atoms with Crippen LogP contribution >= 0.6 is 0 Å².